The van der Waals surface area contributed by atoms with Crippen LogP contribution in [0.25, 0.3) is 0 Å². The van der Waals surface area contributed by atoms with E-state index in [4.69, 9.17) is 28.4 Å². The van der Waals surface area contributed by atoms with Gasteiger partial charge < -0.3 is 33.5 Å². The van der Waals surface area contributed by atoms with Crippen molar-refractivity contribution in [1.82, 2.24) is 0 Å². The van der Waals surface area contributed by atoms with Crippen LogP contribution in [0, 0.1) is 18.8 Å². The van der Waals surface area contributed by atoms with Gasteiger partial charge in [-0.2, -0.15) is 0 Å². The van der Waals surface area contributed by atoms with Crippen molar-refractivity contribution < 1.29 is 57.5 Å². The van der Waals surface area contributed by atoms with Crippen LogP contribution in [0.3, 0.4) is 0 Å². The van der Waals surface area contributed by atoms with Crippen LogP contribution in [0.1, 0.15) is 101 Å². The SMILES string of the molecule is COc1c(C)c2c(c(O)c1C/C=C(\C)CCC(=O)OC(C)(C)CC(C)C(C)CC(=O)OC(COC(C)=O)COC(C)=O)C(=O)OC2. The minimum atomic E-state index is -0.915. The number of hydrogen-bond donors (Lipinski definition) is 1. The van der Waals surface area contributed by atoms with Crippen LogP contribution in [0.4, 0.5) is 0 Å². The van der Waals surface area contributed by atoms with Crippen molar-refractivity contribution in [2.75, 3.05) is 20.3 Å². The summed E-state index contributed by atoms with van der Waals surface area (Å²) in [6, 6.07) is 0. The van der Waals surface area contributed by atoms with Gasteiger partial charge in [0.15, 0.2) is 6.10 Å². The maximum atomic E-state index is 12.8. The topological polar surface area (TPSA) is 161 Å². The normalized spacial score (nSPS) is 14.2. The molecule has 1 aliphatic heterocycles. The first-order chi connectivity index (χ1) is 21.4. The molecule has 2 unspecified atom stereocenters. The van der Waals surface area contributed by atoms with E-state index in [0.717, 1.165) is 11.1 Å². The fourth-order valence-electron chi connectivity index (χ4n) is 5.32. The standard InChI is InChI=1S/C34H48O12/c1-19(10-12-26-31(39)30-27(18-44-33(30)40)22(4)32(26)41-9)11-13-28(37)46-34(7,8)15-21(3)20(2)14-29(38)45-25(16-42-23(5)35)17-43-24(6)36/h10,20-21,25,39H,11-18H2,1-9H3/b19-10+. The molecule has 0 spiro atoms. The second kappa shape index (κ2) is 17.0. The molecule has 1 aromatic carbocycles. The van der Waals surface area contributed by atoms with E-state index in [1.54, 1.807) is 0 Å². The first-order valence-corrected chi connectivity index (χ1v) is 15.4. The van der Waals surface area contributed by atoms with Crippen molar-refractivity contribution in [3.8, 4) is 11.5 Å². The number of esters is 5. The van der Waals surface area contributed by atoms with Crippen molar-refractivity contribution in [2.24, 2.45) is 11.8 Å². The average molecular weight is 649 g/mol. The zero-order chi connectivity index (χ0) is 34.8. The Morgan fingerprint density at radius 3 is 2.15 bits per heavy atom. The number of allylic oxidation sites excluding steroid dienone is 2. The van der Waals surface area contributed by atoms with Crippen LogP contribution < -0.4 is 4.74 Å². The van der Waals surface area contributed by atoms with E-state index in [2.05, 4.69) is 0 Å². The van der Waals surface area contributed by atoms with E-state index in [0.29, 0.717) is 36.1 Å². The van der Waals surface area contributed by atoms with Gasteiger partial charge in [0, 0.05) is 37.8 Å². The summed E-state index contributed by atoms with van der Waals surface area (Å²) in [5, 5.41) is 10.8. The van der Waals surface area contributed by atoms with Crippen molar-refractivity contribution in [3.63, 3.8) is 0 Å². The van der Waals surface area contributed by atoms with Crippen molar-refractivity contribution in [3.05, 3.63) is 33.9 Å². The van der Waals surface area contributed by atoms with E-state index in [1.807, 2.05) is 47.6 Å². The predicted octanol–water partition coefficient (Wildman–Crippen LogP) is 5.06. The van der Waals surface area contributed by atoms with Crippen LogP contribution in [0.15, 0.2) is 11.6 Å². The molecule has 46 heavy (non-hydrogen) atoms. The summed E-state index contributed by atoms with van der Waals surface area (Å²) < 4.78 is 31.6. The third-order valence-corrected chi connectivity index (χ3v) is 7.93. The minimum Gasteiger partial charge on any atom is -0.507 e. The maximum Gasteiger partial charge on any atom is 0.342 e. The molecule has 0 saturated heterocycles. The summed E-state index contributed by atoms with van der Waals surface area (Å²) in [7, 11) is 1.51. The Labute approximate surface area is 270 Å². The highest BCUT2D eigenvalue weighted by Crippen LogP contribution is 2.42. The molecule has 0 amide bonds. The lowest BCUT2D eigenvalue weighted by molar-refractivity contribution is -0.166. The van der Waals surface area contributed by atoms with Gasteiger partial charge in [0.05, 0.1) is 7.11 Å². The summed E-state index contributed by atoms with van der Waals surface area (Å²) in [6.45, 7) is 13.3. The molecule has 0 radical (unpaired) electrons. The van der Waals surface area contributed by atoms with Crippen molar-refractivity contribution >= 4 is 29.8 Å². The number of hydrogen-bond acceptors (Lipinski definition) is 12. The molecule has 0 aliphatic carbocycles. The number of ether oxygens (including phenoxy) is 6. The number of carbonyl (C=O) groups excluding carboxylic acids is 5. The molecule has 2 rings (SSSR count). The highest BCUT2D eigenvalue weighted by molar-refractivity contribution is 5.98. The van der Waals surface area contributed by atoms with Gasteiger partial charge in [0.25, 0.3) is 0 Å². The summed E-state index contributed by atoms with van der Waals surface area (Å²) in [4.78, 5) is 59.8. The van der Waals surface area contributed by atoms with Crippen LogP contribution in [0.5, 0.6) is 11.5 Å². The largest absolute Gasteiger partial charge is 0.507 e. The Hall–Kier alpha value is -4.09. The van der Waals surface area contributed by atoms with Gasteiger partial charge >= 0.3 is 29.8 Å². The molecular formula is C34H48O12. The van der Waals surface area contributed by atoms with Crippen LogP contribution in [0.2, 0.25) is 0 Å². The zero-order valence-electron chi connectivity index (χ0n) is 28.4. The molecule has 2 atom stereocenters. The second-order valence-corrected chi connectivity index (χ2v) is 12.5. The first-order valence-electron chi connectivity index (χ1n) is 15.4. The number of aromatic hydroxyl groups is 1. The molecule has 1 aliphatic rings. The number of phenolic OH excluding ortho intramolecular Hbond substituents is 1. The molecule has 1 N–H and O–H groups in total. The molecule has 12 heteroatoms. The third kappa shape index (κ3) is 11.4. The van der Waals surface area contributed by atoms with Crippen molar-refractivity contribution in [2.45, 2.75) is 106 Å². The van der Waals surface area contributed by atoms with Gasteiger partial charge in [0.1, 0.15) is 42.5 Å². The Bertz CT molecular complexity index is 1310. The van der Waals surface area contributed by atoms with E-state index >= 15 is 0 Å². The first kappa shape index (κ1) is 38.1. The second-order valence-electron chi connectivity index (χ2n) is 12.5. The van der Waals surface area contributed by atoms with Crippen molar-refractivity contribution in [1.29, 1.82) is 0 Å². The molecule has 0 saturated carbocycles. The number of fused-ring (bicyclic) bond motifs is 1. The molecule has 1 heterocycles. The van der Waals surface area contributed by atoms with E-state index < -0.39 is 35.6 Å². The maximum absolute atomic E-state index is 12.8. The lowest BCUT2D eigenvalue weighted by atomic mass is 9.84. The number of methoxy groups -OCH3 is 1. The number of cyclic esters (lactones) is 1. The Morgan fingerprint density at radius 2 is 1.59 bits per heavy atom. The fourth-order valence-corrected chi connectivity index (χ4v) is 5.32. The average Bonchev–Trinajstić information content (AvgIpc) is 3.35. The van der Waals surface area contributed by atoms with Gasteiger partial charge in [0.2, 0.25) is 0 Å². The van der Waals surface area contributed by atoms with E-state index in [-0.39, 0.29) is 61.8 Å². The lowest BCUT2D eigenvalue weighted by Gasteiger charge is -2.31. The quantitative estimate of drug-likeness (QED) is 0.136. The van der Waals surface area contributed by atoms with E-state index in [1.165, 1.54) is 21.0 Å². The van der Waals surface area contributed by atoms with Crippen LogP contribution in [-0.2, 0) is 55.9 Å². The highest BCUT2D eigenvalue weighted by atomic mass is 16.6. The van der Waals surface area contributed by atoms with Gasteiger partial charge in [-0.15, -0.1) is 0 Å². The Balaban J connectivity index is 1.89. The number of phenols is 1. The molecule has 1 aromatic rings. The van der Waals surface area contributed by atoms with Gasteiger partial charge in [-0.25, -0.2) is 4.79 Å². The highest BCUT2D eigenvalue weighted by Gasteiger charge is 2.32. The summed E-state index contributed by atoms with van der Waals surface area (Å²) in [5.74, 6) is -2.34. The fraction of sp³-hybridized carbons (Fsp3) is 0.618. The van der Waals surface area contributed by atoms with Gasteiger partial charge in [-0.1, -0.05) is 25.5 Å². The third-order valence-electron chi connectivity index (χ3n) is 7.93. The van der Waals surface area contributed by atoms with Crippen LogP contribution >= 0.6 is 0 Å². The molecule has 0 fully saturated rings. The lowest BCUT2D eigenvalue weighted by Crippen LogP contribution is -2.33. The van der Waals surface area contributed by atoms with Gasteiger partial charge in [-0.05, 0) is 64.4 Å². The predicted molar refractivity (Wildman–Crippen MR) is 166 cm³/mol. The Kier molecular flexibility index (Phi) is 14.1. The number of carbonyl (C=O) groups is 5. The molecular weight excluding hydrogens is 600 g/mol. The minimum absolute atomic E-state index is 0.0203. The summed E-state index contributed by atoms with van der Waals surface area (Å²) in [5.41, 5.74) is 2.13. The summed E-state index contributed by atoms with van der Waals surface area (Å²) in [6.07, 6.45) is 2.41. The zero-order valence-corrected chi connectivity index (χ0v) is 28.4. The smallest absolute Gasteiger partial charge is 0.342 e. The van der Waals surface area contributed by atoms with Gasteiger partial charge in [-0.3, -0.25) is 19.2 Å². The number of benzene rings is 1. The number of rotatable bonds is 17. The molecule has 0 bridgehead atoms. The molecule has 12 nitrogen and oxygen atoms in total. The summed E-state index contributed by atoms with van der Waals surface area (Å²) >= 11 is 0. The monoisotopic (exact) mass is 648 g/mol. The van der Waals surface area contributed by atoms with Crippen LogP contribution in [-0.4, -0.2) is 67.0 Å². The Morgan fingerprint density at radius 1 is 0.978 bits per heavy atom. The molecule has 0 aromatic heterocycles. The van der Waals surface area contributed by atoms with E-state index in [9.17, 15) is 29.1 Å². The molecule has 256 valence electrons.